The van der Waals surface area contributed by atoms with Gasteiger partial charge in [0, 0.05) is 5.56 Å². The van der Waals surface area contributed by atoms with E-state index in [2.05, 4.69) is 0 Å². The lowest BCUT2D eigenvalue weighted by Crippen LogP contribution is -2.41. The van der Waals surface area contributed by atoms with Crippen LogP contribution in [0.4, 0.5) is 4.39 Å². The SMILES string of the molecule is CC1(C)OB(C(=Cc2cc(C#N)ccc2F)CO)OC1(C)C. The van der Waals surface area contributed by atoms with E-state index in [1.807, 2.05) is 33.8 Å². The number of rotatable bonds is 3. The van der Waals surface area contributed by atoms with Gasteiger partial charge < -0.3 is 14.4 Å². The Balaban J connectivity index is 2.36. The maximum absolute atomic E-state index is 13.9. The molecule has 1 fully saturated rings. The molecule has 4 nitrogen and oxygen atoms in total. The van der Waals surface area contributed by atoms with Crippen molar-refractivity contribution >= 4 is 13.2 Å². The predicted molar refractivity (Wildman–Crippen MR) is 82.3 cm³/mol. The highest BCUT2D eigenvalue weighted by atomic mass is 19.1. The average molecular weight is 303 g/mol. The molecule has 22 heavy (non-hydrogen) atoms. The maximum Gasteiger partial charge on any atom is 0.492 e. The summed E-state index contributed by atoms with van der Waals surface area (Å²) in [5, 5.41) is 18.5. The molecule has 0 radical (unpaired) electrons. The van der Waals surface area contributed by atoms with Gasteiger partial charge in [-0.25, -0.2) is 4.39 Å². The van der Waals surface area contributed by atoms with Crippen molar-refractivity contribution in [3.8, 4) is 6.07 Å². The topological polar surface area (TPSA) is 62.5 Å². The fraction of sp³-hybridized carbons (Fsp3) is 0.438. The van der Waals surface area contributed by atoms with Gasteiger partial charge in [0.25, 0.3) is 0 Å². The zero-order valence-corrected chi connectivity index (χ0v) is 13.2. The summed E-state index contributed by atoms with van der Waals surface area (Å²) in [6.07, 6.45) is 1.47. The van der Waals surface area contributed by atoms with Crippen molar-refractivity contribution in [2.75, 3.05) is 6.61 Å². The van der Waals surface area contributed by atoms with E-state index >= 15 is 0 Å². The summed E-state index contributed by atoms with van der Waals surface area (Å²) in [7, 11) is -0.750. The molecule has 1 aliphatic rings. The molecular formula is C16H19BFNO3. The Morgan fingerprint density at radius 2 is 1.91 bits per heavy atom. The largest absolute Gasteiger partial charge is 0.492 e. The van der Waals surface area contributed by atoms with E-state index in [-0.39, 0.29) is 12.2 Å². The summed E-state index contributed by atoms with van der Waals surface area (Å²) in [4.78, 5) is 0. The monoisotopic (exact) mass is 303 g/mol. The molecular weight excluding hydrogens is 284 g/mol. The quantitative estimate of drug-likeness (QED) is 0.872. The lowest BCUT2D eigenvalue weighted by atomic mass is 9.77. The second kappa shape index (κ2) is 5.84. The lowest BCUT2D eigenvalue weighted by Gasteiger charge is -2.32. The number of hydrogen-bond donors (Lipinski definition) is 1. The van der Waals surface area contributed by atoms with Crippen molar-refractivity contribution in [3.05, 3.63) is 40.6 Å². The molecule has 116 valence electrons. The first-order valence-electron chi connectivity index (χ1n) is 7.07. The van der Waals surface area contributed by atoms with Crippen LogP contribution in [0.2, 0.25) is 0 Å². The predicted octanol–water partition coefficient (Wildman–Crippen LogP) is 2.70. The van der Waals surface area contributed by atoms with Gasteiger partial charge in [-0.3, -0.25) is 0 Å². The molecule has 1 aromatic carbocycles. The smallest absolute Gasteiger partial charge is 0.400 e. The highest BCUT2D eigenvalue weighted by Gasteiger charge is 2.52. The summed E-state index contributed by atoms with van der Waals surface area (Å²) in [5.41, 5.74) is -0.109. The third-order valence-electron chi connectivity index (χ3n) is 4.20. The summed E-state index contributed by atoms with van der Waals surface area (Å²) in [6, 6.07) is 6.02. The van der Waals surface area contributed by atoms with E-state index in [1.54, 1.807) is 0 Å². The zero-order chi connectivity index (χ0) is 16.5. The summed E-state index contributed by atoms with van der Waals surface area (Å²) < 4.78 is 25.6. The Morgan fingerprint density at radius 3 is 2.41 bits per heavy atom. The molecule has 1 heterocycles. The van der Waals surface area contributed by atoms with Crippen LogP contribution in [0.3, 0.4) is 0 Å². The second-order valence-corrected chi connectivity index (χ2v) is 6.31. The fourth-order valence-electron chi connectivity index (χ4n) is 2.11. The van der Waals surface area contributed by atoms with E-state index in [4.69, 9.17) is 14.6 Å². The number of halogens is 1. The van der Waals surface area contributed by atoms with Gasteiger partial charge in [-0.2, -0.15) is 5.26 Å². The minimum Gasteiger partial charge on any atom is -0.400 e. The van der Waals surface area contributed by atoms with E-state index in [0.29, 0.717) is 11.0 Å². The number of nitriles is 1. The molecule has 0 aliphatic carbocycles. The summed E-state index contributed by atoms with van der Waals surface area (Å²) in [6.45, 7) is 7.28. The van der Waals surface area contributed by atoms with Crippen molar-refractivity contribution in [1.29, 1.82) is 5.26 Å². The van der Waals surface area contributed by atoms with Gasteiger partial charge in [0.2, 0.25) is 0 Å². The Bertz CT molecular complexity index is 633. The number of nitrogens with zero attached hydrogens (tertiary/aromatic N) is 1. The van der Waals surface area contributed by atoms with Crippen LogP contribution in [-0.2, 0) is 9.31 Å². The van der Waals surface area contributed by atoms with E-state index in [9.17, 15) is 9.50 Å². The third-order valence-corrected chi connectivity index (χ3v) is 4.20. The van der Waals surface area contributed by atoms with Crippen LogP contribution in [0.5, 0.6) is 0 Å². The summed E-state index contributed by atoms with van der Waals surface area (Å²) >= 11 is 0. The van der Waals surface area contributed by atoms with Crippen LogP contribution in [0.15, 0.2) is 23.7 Å². The number of aliphatic hydroxyl groups is 1. The lowest BCUT2D eigenvalue weighted by molar-refractivity contribution is 0.00578. The first-order chi connectivity index (χ1) is 10.2. The van der Waals surface area contributed by atoms with Gasteiger partial charge in [-0.05, 0) is 51.4 Å². The van der Waals surface area contributed by atoms with Crippen LogP contribution in [0, 0.1) is 17.1 Å². The molecule has 1 aliphatic heterocycles. The third kappa shape index (κ3) is 3.07. The van der Waals surface area contributed by atoms with Crippen LogP contribution in [0.1, 0.15) is 38.8 Å². The fourth-order valence-corrected chi connectivity index (χ4v) is 2.11. The van der Waals surface area contributed by atoms with Gasteiger partial charge in [0.05, 0.1) is 29.4 Å². The standard InChI is InChI=1S/C16H19BFNO3/c1-15(2)16(3,4)22-17(21-15)13(10-20)8-12-7-11(9-19)5-6-14(12)18/h5-8,20H,10H2,1-4H3. The van der Waals surface area contributed by atoms with Crippen molar-refractivity contribution < 1.29 is 18.8 Å². The van der Waals surface area contributed by atoms with Crippen molar-refractivity contribution in [2.45, 2.75) is 38.9 Å². The van der Waals surface area contributed by atoms with Crippen molar-refractivity contribution in [1.82, 2.24) is 0 Å². The first-order valence-corrected chi connectivity index (χ1v) is 7.07. The minimum absolute atomic E-state index is 0.220. The molecule has 1 aromatic rings. The molecule has 6 heteroatoms. The van der Waals surface area contributed by atoms with Crippen LogP contribution in [-0.4, -0.2) is 30.0 Å². The maximum atomic E-state index is 13.9. The molecule has 0 aromatic heterocycles. The Labute approximate surface area is 130 Å². The van der Waals surface area contributed by atoms with Gasteiger partial charge in [-0.15, -0.1) is 0 Å². The molecule has 2 rings (SSSR count). The van der Waals surface area contributed by atoms with E-state index in [0.717, 1.165) is 0 Å². The molecule has 0 spiro atoms. The van der Waals surface area contributed by atoms with E-state index < -0.39 is 24.1 Å². The van der Waals surface area contributed by atoms with E-state index in [1.165, 1.54) is 24.3 Å². The number of benzene rings is 1. The van der Waals surface area contributed by atoms with Crippen LogP contribution >= 0.6 is 0 Å². The van der Waals surface area contributed by atoms with Gasteiger partial charge in [0.1, 0.15) is 5.82 Å². The van der Waals surface area contributed by atoms with Gasteiger partial charge >= 0.3 is 7.12 Å². The molecule has 0 amide bonds. The Hall–Kier alpha value is -1.68. The Kier molecular flexibility index (Phi) is 4.43. The molecule has 0 saturated carbocycles. The highest BCUT2D eigenvalue weighted by molar-refractivity contribution is 6.55. The minimum atomic E-state index is -0.750. The second-order valence-electron chi connectivity index (χ2n) is 6.31. The van der Waals surface area contributed by atoms with Crippen molar-refractivity contribution in [3.63, 3.8) is 0 Å². The first kappa shape index (κ1) is 16.7. The molecule has 0 unspecified atom stereocenters. The van der Waals surface area contributed by atoms with Crippen LogP contribution in [0.25, 0.3) is 6.08 Å². The highest BCUT2D eigenvalue weighted by Crippen LogP contribution is 2.38. The molecule has 0 bridgehead atoms. The van der Waals surface area contributed by atoms with Crippen LogP contribution < -0.4 is 0 Å². The molecule has 1 saturated heterocycles. The molecule has 0 atom stereocenters. The number of hydrogen-bond acceptors (Lipinski definition) is 4. The van der Waals surface area contributed by atoms with Gasteiger partial charge in [-0.1, -0.05) is 6.08 Å². The number of aliphatic hydroxyl groups excluding tert-OH is 1. The molecule has 1 N–H and O–H groups in total. The summed E-state index contributed by atoms with van der Waals surface area (Å²) in [5.74, 6) is -0.471. The Morgan fingerprint density at radius 1 is 1.32 bits per heavy atom. The average Bonchev–Trinajstić information content (AvgIpc) is 2.66. The zero-order valence-electron chi connectivity index (χ0n) is 13.2. The normalized spacial score (nSPS) is 20.0. The van der Waals surface area contributed by atoms with Gasteiger partial charge in [0.15, 0.2) is 0 Å². The van der Waals surface area contributed by atoms with Crippen molar-refractivity contribution in [2.24, 2.45) is 0 Å².